The Morgan fingerprint density at radius 2 is 1.47 bits per heavy atom. The van der Waals surface area contributed by atoms with E-state index in [9.17, 15) is 0 Å². The molecule has 0 amide bonds. The Kier molecular flexibility index (Phi) is 2.50. The van der Waals surface area contributed by atoms with Gasteiger partial charge in [0.25, 0.3) is 0 Å². The van der Waals surface area contributed by atoms with Crippen molar-refractivity contribution in [3.63, 3.8) is 0 Å². The molecule has 0 bridgehead atoms. The highest BCUT2D eigenvalue weighted by atomic mass is 14.8. The van der Waals surface area contributed by atoms with E-state index in [1.807, 2.05) is 19.3 Å². The number of hydrogen-bond acceptors (Lipinski definition) is 2. The second-order valence-corrected chi connectivity index (χ2v) is 3.82. The van der Waals surface area contributed by atoms with Gasteiger partial charge in [-0.1, -0.05) is 18.2 Å². The average molecular weight is 198 g/mol. The van der Waals surface area contributed by atoms with Crippen LogP contribution >= 0.6 is 0 Å². The minimum Gasteiger partial charge on any atom is -0.241 e. The molecule has 1 aromatic carbocycles. The summed E-state index contributed by atoms with van der Waals surface area (Å²) in [6.07, 6.45) is 3.74. The molecule has 0 saturated carbocycles. The first-order chi connectivity index (χ1) is 7.16. The highest BCUT2D eigenvalue weighted by molar-refractivity contribution is 5.62. The van der Waals surface area contributed by atoms with Crippen molar-refractivity contribution in [1.82, 2.24) is 9.97 Å². The van der Waals surface area contributed by atoms with Crippen LogP contribution in [0.25, 0.3) is 11.1 Å². The lowest BCUT2D eigenvalue weighted by Crippen LogP contribution is -1.89. The Bertz CT molecular complexity index is 472. The van der Waals surface area contributed by atoms with Crippen LogP contribution in [-0.2, 0) is 0 Å². The van der Waals surface area contributed by atoms with Crippen molar-refractivity contribution in [2.75, 3.05) is 0 Å². The van der Waals surface area contributed by atoms with Crippen molar-refractivity contribution in [1.29, 1.82) is 0 Å². The minimum absolute atomic E-state index is 0.808. The molecule has 2 rings (SSSR count). The molecule has 0 spiro atoms. The summed E-state index contributed by atoms with van der Waals surface area (Å²) >= 11 is 0. The topological polar surface area (TPSA) is 25.8 Å². The summed E-state index contributed by atoms with van der Waals surface area (Å²) < 4.78 is 0. The number of aromatic nitrogens is 2. The molecule has 0 saturated heterocycles. The van der Waals surface area contributed by atoms with E-state index in [1.54, 1.807) is 0 Å². The fourth-order valence-electron chi connectivity index (χ4n) is 1.46. The lowest BCUT2D eigenvalue weighted by Gasteiger charge is -2.04. The average Bonchev–Trinajstić information content (AvgIpc) is 2.23. The van der Waals surface area contributed by atoms with Gasteiger partial charge in [-0.3, -0.25) is 0 Å². The predicted octanol–water partition coefficient (Wildman–Crippen LogP) is 3.07. The van der Waals surface area contributed by atoms with Crippen molar-refractivity contribution in [3.05, 3.63) is 47.5 Å². The summed E-state index contributed by atoms with van der Waals surface area (Å²) in [4.78, 5) is 8.39. The first-order valence-corrected chi connectivity index (χ1v) is 5.03. The van der Waals surface area contributed by atoms with Crippen molar-refractivity contribution < 1.29 is 0 Å². The number of aryl methyl sites for hydroxylation is 3. The first kappa shape index (κ1) is 9.84. The van der Waals surface area contributed by atoms with E-state index in [1.165, 1.54) is 16.7 Å². The molecule has 0 unspecified atom stereocenters. The summed E-state index contributed by atoms with van der Waals surface area (Å²) in [5.74, 6) is 0.808. The Hall–Kier alpha value is -1.70. The smallest absolute Gasteiger partial charge is 0.125 e. The molecule has 0 fully saturated rings. The van der Waals surface area contributed by atoms with Gasteiger partial charge in [-0.25, -0.2) is 9.97 Å². The van der Waals surface area contributed by atoms with Crippen LogP contribution in [0.5, 0.6) is 0 Å². The van der Waals surface area contributed by atoms with E-state index < -0.39 is 0 Å². The van der Waals surface area contributed by atoms with E-state index in [0.29, 0.717) is 0 Å². The molecular weight excluding hydrogens is 184 g/mol. The standard InChI is InChI=1S/C13H14N2/c1-9-4-5-12(6-10(9)2)13-7-14-11(3)15-8-13/h4-8H,1-3H3. The summed E-state index contributed by atoms with van der Waals surface area (Å²) in [6.45, 7) is 6.13. The molecule has 2 heteroatoms. The van der Waals surface area contributed by atoms with Gasteiger partial charge in [0.2, 0.25) is 0 Å². The highest BCUT2D eigenvalue weighted by Gasteiger charge is 2.00. The zero-order valence-corrected chi connectivity index (χ0v) is 9.28. The molecule has 0 aliphatic rings. The van der Waals surface area contributed by atoms with Gasteiger partial charge < -0.3 is 0 Å². The van der Waals surface area contributed by atoms with Gasteiger partial charge in [-0.2, -0.15) is 0 Å². The van der Waals surface area contributed by atoms with Gasteiger partial charge in [-0.15, -0.1) is 0 Å². The number of hydrogen-bond donors (Lipinski definition) is 0. The van der Waals surface area contributed by atoms with Gasteiger partial charge in [0.05, 0.1) is 0 Å². The van der Waals surface area contributed by atoms with Crippen molar-refractivity contribution in [2.24, 2.45) is 0 Å². The van der Waals surface area contributed by atoms with Crippen LogP contribution in [0.15, 0.2) is 30.6 Å². The van der Waals surface area contributed by atoms with E-state index in [-0.39, 0.29) is 0 Å². The van der Waals surface area contributed by atoms with Crippen LogP contribution in [-0.4, -0.2) is 9.97 Å². The molecule has 15 heavy (non-hydrogen) atoms. The fourth-order valence-corrected chi connectivity index (χ4v) is 1.46. The number of rotatable bonds is 1. The molecule has 0 N–H and O–H groups in total. The summed E-state index contributed by atoms with van der Waals surface area (Å²) in [5, 5.41) is 0. The monoisotopic (exact) mass is 198 g/mol. The van der Waals surface area contributed by atoms with Crippen LogP contribution in [0.2, 0.25) is 0 Å². The summed E-state index contributed by atoms with van der Waals surface area (Å²) in [5.41, 5.74) is 4.86. The first-order valence-electron chi connectivity index (χ1n) is 5.03. The summed E-state index contributed by atoms with van der Waals surface area (Å²) in [7, 11) is 0. The zero-order valence-electron chi connectivity index (χ0n) is 9.28. The Balaban J connectivity index is 2.45. The van der Waals surface area contributed by atoms with Crippen LogP contribution < -0.4 is 0 Å². The minimum atomic E-state index is 0.808. The van der Waals surface area contributed by atoms with E-state index >= 15 is 0 Å². The second kappa shape index (κ2) is 3.81. The molecule has 2 nitrogen and oxygen atoms in total. The van der Waals surface area contributed by atoms with Crippen LogP contribution in [0.4, 0.5) is 0 Å². The SMILES string of the molecule is Cc1ncc(-c2ccc(C)c(C)c2)cn1. The van der Waals surface area contributed by atoms with Crippen LogP contribution in [0.3, 0.4) is 0 Å². The van der Waals surface area contributed by atoms with Gasteiger partial charge in [0.15, 0.2) is 0 Å². The van der Waals surface area contributed by atoms with Gasteiger partial charge >= 0.3 is 0 Å². The maximum atomic E-state index is 4.20. The van der Waals surface area contributed by atoms with Gasteiger partial charge in [0, 0.05) is 18.0 Å². The maximum Gasteiger partial charge on any atom is 0.125 e. The normalized spacial score (nSPS) is 10.3. The molecule has 76 valence electrons. The van der Waals surface area contributed by atoms with Gasteiger partial charge in [-0.05, 0) is 37.5 Å². The highest BCUT2D eigenvalue weighted by Crippen LogP contribution is 2.20. The lowest BCUT2D eigenvalue weighted by atomic mass is 10.0. The molecular formula is C13H14N2. The second-order valence-electron chi connectivity index (χ2n) is 3.82. The summed E-state index contributed by atoms with van der Waals surface area (Å²) in [6, 6.07) is 6.41. The Morgan fingerprint density at radius 1 is 0.800 bits per heavy atom. The fraction of sp³-hybridized carbons (Fsp3) is 0.231. The van der Waals surface area contributed by atoms with Crippen molar-refractivity contribution >= 4 is 0 Å². The quantitative estimate of drug-likeness (QED) is 0.703. The predicted molar refractivity (Wildman–Crippen MR) is 61.7 cm³/mol. The van der Waals surface area contributed by atoms with E-state index in [0.717, 1.165) is 11.4 Å². The Morgan fingerprint density at radius 3 is 2.07 bits per heavy atom. The third kappa shape index (κ3) is 2.04. The molecule has 0 radical (unpaired) electrons. The van der Waals surface area contributed by atoms with Crippen LogP contribution in [0.1, 0.15) is 17.0 Å². The molecule has 2 aromatic rings. The number of benzene rings is 1. The number of nitrogens with zero attached hydrogens (tertiary/aromatic N) is 2. The Labute approximate surface area is 90.0 Å². The zero-order chi connectivity index (χ0) is 10.8. The molecule has 0 aliphatic carbocycles. The largest absolute Gasteiger partial charge is 0.241 e. The van der Waals surface area contributed by atoms with E-state index in [4.69, 9.17) is 0 Å². The van der Waals surface area contributed by atoms with Crippen LogP contribution in [0, 0.1) is 20.8 Å². The molecule has 0 atom stereocenters. The third-order valence-corrected chi connectivity index (χ3v) is 2.62. The molecule has 1 heterocycles. The maximum absolute atomic E-state index is 4.20. The molecule has 1 aromatic heterocycles. The van der Waals surface area contributed by atoms with Crippen molar-refractivity contribution in [2.45, 2.75) is 20.8 Å². The van der Waals surface area contributed by atoms with Gasteiger partial charge in [0.1, 0.15) is 5.82 Å². The third-order valence-electron chi connectivity index (χ3n) is 2.62. The van der Waals surface area contributed by atoms with Crippen molar-refractivity contribution in [3.8, 4) is 11.1 Å². The molecule has 0 aliphatic heterocycles. The lowest BCUT2D eigenvalue weighted by molar-refractivity contribution is 1.06. The van der Waals surface area contributed by atoms with E-state index in [2.05, 4.69) is 42.0 Å².